The lowest BCUT2D eigenvalue weighted by atomic mass is 10.1. The molecule has 0 bridgehead atoms. The zero-order valence-corrected chi connectivity index (χ0v) is 16.6. The second kappa shape index (κ2) is 12.4. The summed E-state index contributed by atoms with van der Waals surface area (Å²) in [4.78, 5) is 23.0. The Morgan fingerprint density at radius 1 is 0.793 bits per heavy atom. The number of aromatic carboxylic acids is 1. The predicted octanol–water partition coefficient (Wildman–Crippen LogP) is 5.90. The Morgan fingerprint density at radius 3 is 1.97 bits per heavy atom. The van der Waals surface area contributed by atoms with E-state index in [4.69, 9.17) is 14.6 Å². The van der Waals surface area contributed by atoms with E-state index in [0.717, 1.165) is 25.0 Å². The molecule has 2 aromatic carbocycles. The lowest BCUT2D eigenvalue weighted by Crippen LogP contribution is -2.08. The second-order valence-corrected chi connectivity index (χ2v) is 6.79. The van der Waals surface area contributed by atoms with Gasteiger partial charge in [-0.1, -0.05) is 31.8 Å². The summed E-state index contributed by atoms with van der Waals surface area (Å²) < 4.78 is 11.0. The highest BCUT2D eigenvalue weighted by atomic mass is 16.5. The average Bonchev–Trinajstić information content (AvgIpc) is 2.73. The van der Waals surface area contributed by atoms with Gasteiger partial charge >= 0.3 is 11.9 Å². The molecule has 29 heavy (non-hydrogen) atoms. The van der Waals surface area contributed by atoms with E-state index in [-0.39, 0.29) is 5.56 Å². The van der Waals surface area contributed by atoms with Gasteiger partial charge in [-0.05, 0) is 67.8 Å². The third-order valence-electron chi connectivity index (χ3n) is 4.47. The zero-order valence-electron chi connectivity index (χ0n) is 16.6. The molecule has 5 nitrogen and oxygen atoms in total. The molecule has 0 amide bonds. The number of benzene rings is 2. The van der Waals surface area contributed by atoms with Crippen molar-refractivity contribution >= 4 is 11.9 Å². The van der Waals surface area contributed by atoms with Crippen LogP contribution in [-0.4, -0.2) is 23.7 Å². The summed E-state index contributed by atoms with van der Waals surface area (Å²) >= 11 is 0. The van der Waals surface area contributed by atoms with Crippen molar-refractivity contribution < 1.29 is 24.2 Å². The number of ether oxygens (including phenoxy) is 2. The summed E-state index contributed by atoms with van der Waals surface area (Å²) in [6.45, 7) is 4.39. The van der Waals surface area contributed by atoms with Crippen molar-refractivity contribution in [2.75, 3.05) is 6.61 Å². The highest BCUT2D eigenvalue weighted by Gasteiger charge is 2.10. The molecule has 0 saturated carbocycles. The maximum Gasteiger partial charge on any atom is 0.343 e. The molecule has 2 aromatic rings. The van der Waals surface area contributed by atoms with Crippen LogP contribution in [0.25, 0.3) is 0 Å². The molecule has 0 aliphatic rings. The van der Waals surface area contributed by atoms with Crippen LogP contribution in [0.1, 0.15) is 65.7 Å². The number of carboxylic acid groups (broad SMARTS) is 1. The summed E-state index contributed by atoms with van der Waals surface area (Å²) in [5.41, 5.74) is 0.540. The van der Waals surface area contributed by atoms with E-state index in [1.165, 1.54) is 49.9 Å². The molecule has 0 saturated heterocycles. The van der Waals surface area contributed by atoms with Gasteiger partial charge in [-0.15, -0.1) is 6.58 Å². The number of esters is 1. The van der Waals surface area contributed by atoms with Gasteiger partial charge in [-0.2, -0.15) is 0 Å². The molecule has 154 valence electrons. The van der Waals surface area contributed by atoms with E-state index in [2.05, 4.69) is 6.58 Å². The highest BCUT2D eigenvalue weighted by molar-refractivity contribution is 5.91. The summed E-state index contributed by atoms with van der Waals surface area (Å²) in [5, 5.41) is 8.88. The van der Waals surface area contributed by atoms with Gasteiger partial charge in [0.25, 0.3) is 0 Å². The van der Waals surface area contributed by atoms with Gasteiger partial charge in [0.2, 0.25) is 0 Å². The average molecular weight is 396 g/mol. The van der Waals surface area contributed by atoms with Gasteiger partial charge in [0.1, 0.15) is 11.5 Å². The van der Waals surface area contributed by atoms with Crippen molar-refractivity contribution in [2.45, 2.75) is 44.9 Å². The first-order valence-electron chi connectivity index (χ1n) is 9.99. The third-order valence-corrected chi connectivity index (χ3v) is 4.47. The largest absolute Gasteiger partial charge is 0.494 e. The minimum Gasteiger partial charge on any atom is -0.494 e. The minimum absolute atomic E-state index is 0.138. The topological polar surface area (TPSA) is 72.8 Å². The number of carbonyl (C=O) groups is 2. The van der Waals surface area contributed by atoms with Crippen molar-refractivity contribution in [1.82, 2.24) is 0 Å². The molecule has 0 aliphatic carbocycles. The van der Waals surface area contributed by atoms with Gasteiger partial charge in [-0.3, -0.25) is 0 Å². The first kappa shape index (κ1) is 22.2. The number of carboxylic acids is 1. The standard InChI is InChI=1S/C24H28O5/c1-2-3-4-5-6-7-8-9-18-28-21-14-12-20(13-15-21)24(27)29-22-16-10-19(11-17-22)23(25)26/h2,10-17H,1,3-9,18H2,(H,25,26). The van der Waals surface area contributed by atoms with Crippen molar-refractivity contribution in [1.29, 1.82) is 0 Å². The SMILES string of the molecule is C=CCCCCCCCCOc1ccc(C(=O)Oc2ccc(C(=O)O)cc2)cc1. The molecule has 0 radical (unpaired) electrons. The first-order valence-corrected chi connectivity index (χ1v) is 9.99. The lowest BCUT2D eigenvalue weighted by molar-refractivity contribution is 0.0696. The predicted molar refractivity (Wildman–Crippen MR) is 113 cm³/mol. The monoisotopic (exact) mass is 396 g/mol. The minimum atomic E-state index is -1.03. The Labute approximate surface area is 172 Å². The van der Waals surface area contributed by atoms with Gasteiger partial charge in [0, 0.05) is 0 Å². The number of unbranched alkanes of at least 4 members (excludes halogenated alkanes) is 6. The number of rotatable bonds is 13. The van der Waals surface area contributed by atoms with E-state index < -0.39 is 11.9 Å². The molecule has 2 rings (SSSR count). The summed E-state index contributed by atoms with van der Waals surface area (Å²) in [5.74, 6) is -0.513. The molecular weight excluding hydrogens is 368 g/mol. The van der Waals surface area contributed by atoms with Crippen LogP contribution in [-0.2, 0) is 0 Å². The molecule has 0 fully saturated rings. The van der Waals surface area contributed by atoms with Crippen LogP contribution in [0.4, 0.5) is 0 Å². The summed E-state index contributed by atoms with van der Waals surface area (Å²) in [6, 6.07) is 12.5. The summed E-state index contributed by atoms with van der Waals surface area (Å²) in [6.07, 6.45) is 10.2. The Morgan fingerprint density at radius 2 is 1.34 bits per heavy atom. The van der Waals surface area contributed by atoms with Crippen molar-refractivity contribution in [3.63, 3.8) is 0 Å². The van der Waals surface area contributed by atoms with Crippen molar-refractivity contribution in [3.8, 4) is 11.5 Å². The fourth-order valence-corrected chi connectivity index (χ4v) is 2.81. The Hall–Kier alpha value is -3.08. The zero-order chi connectivity index (χ0) is 20.9. The van der Waals surface area contributed by atoms with E-state index in [0.29, 0.717) is 17.9 Å². The van der Waals surface area contributed by atoms with Crippen molar-refractivity contribution in [2.24, 2.45) is 0 Å². The second-order valence-electron chi connectivity index (χ2n) is 6.79. The normalized spacial score (nSPS) is 10.3. The van der Waals surface area contributed by atoms with Crippen LogP contribution < -0.4 is 9.47 Å². The molecule has 0 atom stereocenters. The Balaban J connectivity index is 1.69. The lowest BCUT2D eigenvalue weighted by Gasteiger charge is -2.08. The molecule has 0 unspecified atom stereocenters. The fraction of sp³-hybridized carbons (Fsp3) is 0.333. The van der Waals surface area contributed by atoms with Crippen LogP contribution in [0.5, 0.6) is 11.5 Å². The van der Waals surface area contributed by atoms with Gasteiger partial charge in [0.05, 0.1) is 17.7 Å². The first-order chi connectivity index (χ1) is 14.1. The maximum absolute atomic E-state index is 12.2. The third kappa shape index (κ3) is 8.21. The van der Waals surface area contributed by atoms with Gasteiger partial charge in [-0.25, -0.2) is 9.59 Å². The molecule has 5 heteroatoms. The van der Waals surface area contributed by atoms with E-state index >= 15 is 0 Å². The van der Waals surface area contributed by atoms with E-state index in [1.54, 1.807) is 24.3 Å². The fourth-order valence-electron chi connectivity index (χ4n) is 2.81. The number of hydrogen-bond donors (Lipinski definition) is 1. The van der Waals surface area contributed by atoms with E-state index in [9.17, 15) is 9.59 Å². The van der Waals surface area contributed by atoms with Crippen LogP contribution in [0.3, 0.4) is 0 Å². The summed E-state index contributed by atoms with van der Waals surface area (Å²) in [7, 11) is 0. The molecule has 0 heterocycles. The smallest absolute Gasteiger partial charge is 0.343 e. The van der Waals surface area contributed by atoms with Gasteiger partial charge in [0.15, 0.2) is 0 Å². The molecular formula is C24H28O5. The van der Waals surface area contributed by atoms with Gasteiger partial charge < -0.3 is 14.6 Å². The van der Waals surface area contributed by atoms with Crippen molar-refractivity contribution in [3.05, 3.63) is 72.3 Å². The quantitative estimate of drug-likeness (QED) is 0.197. The van der Waals surface area contributed by atoms with Crippen LogP contribution in [0.15, 0.2) is 61.2 Å². The Kier molecular flexibility index (Phi) is 9.49. The number of allylic oxidation sites excluding steroid dienone is 1. The van der Waals surface area contributed by atoms with Crippen LogP contribution >= 0.6 is 0 Å². The number of carbonyl (C=O) groups excluding carboxylic acids is 1. The molecule has 1 N–H and O–H groups in total. The Bertz CT molecular complexity index is 778. The molecule has 0 aromatic heterocycles. The van der Waals surface area contributed by atoms with E-state index in [1.807, 2.05) is 6.08 Å². The maximum atomic E-state index is 12.2. The highest BCUT2D eigenvalue weighted by Crippen LogP contribution is 2.17. The van der Waals surface area contributed by atoms with Crippen LogP contribution in [0, 0.1) is 0 Å². The molecule has 0 spiro atoms. The van der Waals surface area contributed by atoms with Crippen LogP contribution in [0.2, 0.25) is 0 Å². The number of hydrogen-bond acceptors (Lipinski definition) is 4. The molecule has 0 aliphatic heterocycles.